The second-order valence-corrected chi connectivity index (χ2v) is 7.67. The van der Waals surface area contributed by atoms with Crippen molar-refractivity contribution >= 4 is 5.96 Å². The van der Waals surface area contributed by atoms with Crippen LogP contribution in [-0.4, -0.2) is 60.0 Å². The molecule has 1 saturated heterocycles. The van der Waals surface area contributed by atoms with Crippen LogP contribution in [0.15, 0.2) is 47.7 Å². The van der Waals surface area contributed by atoms with Gasteiger partial charge < -0.3 is 15.0 Å². The molecule has 1 aliphatic rings. The highest BCUT2D eigenvalue weighted by Crippen LogP contribution is 2.26. The molecule has 1 aromatic heterocycles. The molecule has 2 heterocycles. The summed E-state index contributed by atoms with van der Waals surface area (Å²) in [6.45, 7) is 7.54. The number of ether oxygens (including phenoxy) is 1. The van der Waals surface area contributed by atoms with Crippen molar-refractivity contribution in [2.45, 2.75) is 38.5 Å². The zero-order valence-electron chi connectivity index (χ0n) is 17.9. The second kappa shape index (κ2) is 11.6. The molecule has 0 aliphatic carbocycles. The number of likely N-dealkylation sites (tertiary alicyclic amines) is 1. The van der Waals surface area contributed by atoms with E-state index in [1.165, 1.54) is 11.1 Å². The Morgan fingerprint density at radius 1 is 1.24 bits per heavy atom. The molecule has 6 heteroatoms. The molecule has 1 N–H and O–H groups in total. The Bertz CT molecular complexity index is 743. The van der Waals surface area contributed by atoms with Gasteiger partial charge in [-0.15, -0.1) is 0 Å². The van der Waals surface area contributed by atoms with Crippen LogP contribution in [0.25, 0.3) is 0 Å². The average molecular weight is 398 g/mol. The maximum absolute atomic E-state index is 5.77. The minimum Gasteiger partial charge on any atom is -0.381 e. The number of unbranched alkanes of at least 4 members (excludes halogenated alkanes) is 1. The molecular weight excluding hydrogens is 362 g/mol. The molecule has 29 heavy (non-hydrogen) atoms. The van der Waals surface area contributed by atoms with Crippen LogP contribution in [0.2, 0.25) is 0 Å². The Hall–Kier alpha value is -2.34. The number of aromatic nitrogens is 2. The SMILES string of the molecule is CCNC(=NCCCCOCCc1ccccc1)N1CCC(c2cnn(C)c2)C1. The van der Waals surface area contributed by atoms with Crippen molar-refractivity contribution in [1.29, 1.82) is 0 Å². The first-order valence-electron chi connectivity index (χ1n) is 10.9. The van der Waals surface area contributed by atoms with E-state index in [1.54, 1.807) is 0 Å². The number of rotatable bonds is 10. The average Bonchev–Trinajstić information content (AvgIpc) is 3.39. The largest absolute Gasteiger partial charge is 0.381 e. The number of benzene rings is 1. The van der Waals surface area contributed by atoms with Gasteiger partial charge in [0.25, 0.3) is 0 Å². The lowest BCUT2D eigenvalue weighted by molar-refractivity contribution is 0.134. The van der Waals surface area contributed by atoms with Crippen LogP contribution in [0, 0.1) is 0 Å². The molecule has 6 nitrogen and oxygen atoms in total. The lowest BCUT2D eigenvalue weighted by Crippen LogP contribution is -2.40. The first-order chi connectivity index (χ1) is 14.3. The Kier molecular flexibility index (Phi) is 8.56. The van der Waals surface area contributed by atoms with Crippen molar-refractivity contribution in [3.63, 3.8) is 0 Å². The van der Waals surface area contributed by atoms with E-state index in [0.717, 1.165) is 71.0 Å². The standard InChI is InChI=1S/C23H35N5O/c1-3-24-23(28-14-11-21(19-28)22-17-26-27(2)18-22)25-13-7-8-15-29-16-12-20-9-5-4-6-10-20/h4-6,9-10,17-18,21H,3,7-8,11-16,19H2,1-2H3,(H,24,25). The molecule has 1 atom stereocenters. The molecule has 1 aliphatic heterocycles. The summed E-state index contributed by atoms with van der Waals surface area (Å²) in [4.78, 5) is 7.24. The van der Waals surface area contributed by atoms with Gasteiger partial charge in [0.1, 0.15) is 0 Å². The number of guanidine groups is 1. The van der Waals surface area contributed by atoms with Gasteiger partial charge in [0, 0.05) is 51.9 Å². The van der Waals surface area contributed by atoms with Crippen molar-refractivity contribution in [3.8, 4) is 0 Å². The summed E-state index contributed by atoms with van der Waals surface area (Å²) in [6.07, 6.45) is 8.38. The van der Waals surface area contributed by atoms with Crippen molar-refractivity contribution in [3.05, 3.63) is 53.9 Å². The lowest BCUT2D eigenvalue weighted by Gasteiger charge is -2.21. The molecular formula is C23H35N5O. The molecule has 0 spiro atoms. The van der Waals surface area contributed by atoms with E-state index in [9.17, 15) is 0 Å². The van der Waals surface area contributed by atoms with Gasteiger partial charge in [-0.25, -0.2) is 0 Å². The fraction of sp³-hybridized carbons (Fsp3) is 0.565. The summed E-state index contributed by atoms with van der Waals surface area (Å²) < 4.78 is 7.66. The highest BCUT2D eigenvalue weighted by atomic mass is 16.5. The zero-order valence-corrected chi connectivity index (χ0v) is 17.9. The van der Waals surface area contributed by atoms with E-state index in [0.29, 0.717) is 5.92 Å². The highest BCUT2D eigenvalue weighted by molar-refractivity contribution is 5.80. The van der Waals surface area contributed by atoms with Crippen molar-refractivity contribution < 1.29 is 4.74 Å². The van der Waals surface area contributed by atoms with Crippen LogP contribution >= 0.6 is 0 Å². The molecule has 0 bridgehead atoms. The first kappa shape index (κ1) is 21.4. The Labute approximate surface area is 175 Å². The molecule has 2 aromatic rings. The van der Waals surface area contributed by atoms with Crippen LogP contribution in [-0.2, 0) is 18.2 Å². The van der Waals surface area contributed by atoms with Gasteiger partial charge >= 0.3 is 0 Å². The Morgan fingerprint density at radius 3 is 2.86 bits per heavy atom. The van der Waals surface area contributed by atoms with Crippen LogP contribution in [0.3, 0.4) is 0 Å². The van der Waals surface area contributed by atoms with Gasteiger partial charge in [0.15, 0.2) is 5.96 Å². The van der Waals surface area contributed by atoms with Crippen molar-refractivity contribution in [2.75, 3.05) is 39.4 Å². The fourth-order valence-electron chi connectivity index (χ4n) is 3.74. The predicted molar refractivity (Wildman–Crippen MR) is 118 cm³/mol. The highest BCUT2D eigenvalue weighted by Gasteiger charge is 2.26. The molecule has 1 unspecified atom stereocenters. The number of hydrogen-bond donors (Lipinski definition) is 1. The van der Waals surface area contributed by atoms with E-state index >= 15 is 0 Å². The van der Waals surface area contributed by atoms with Gasteiger partial charge in [-0.05, 0) is 43.7 Å². The second-order valence-electron chi connectivity index (χ2n) is 7.67. The van der Waals surface area contributed by atoms with Gasteiger partial charge in [0.2, 0.25) is 0 Å². The van der Waals surface area contributed by atoms with Gasteiger partial charge in [0.05, 0.1) is 12.8 Å². The topological polar surface area (TPSA) is 54.7 Å². The maximum atomic E-state index is 5.77. The number of nitrogens with zero attached hydrogens (tertiary/aromatic N) is 4. The molecule has 1 fully saturated rings. The monoisotopic (exact) mass is 397 g/mol. The molecule has 0 amide bonds. The van der Waals surface area contributed by atoms with Crippen LogP contribution in [0.5, 0.6) is 0 Å². The van der Waals surface area contributed by atoms with E-state index in [4.69, 9.17) is 9.73 Å². The summed E-state index contributed by atoms with van der Waals surface area (Å²) in [7, 11) is 1.98. The maximum Gasteiger partial charge on any atom is 0.193 e. The molecule has 0 radical (unpaired) electrons. The zero-order chi connectivity index (χ0) is 20.3. The number of nitrogens with one attached hydrogen (secondary N) is 1. The smallest absolute Gasteiger partial charge is 0.193 e. The minimum absolute atomic E-state index is 0.547. The lowest BCUT2D eigenvalue weighted by atomic mass is 10.0. The quantitative estimate of drug-likeness (QED) is 0.380. The third-order valence-corrected chi connectivity index (χ3v) is 5.36. The van der Waals surface area contributed by atoms with Crippen molar-refractivity contribution in [1.82, 2.24) is 20.0 Å². The van der Waals surface area contributed by atoms with Gasteiger partial charge in [-0.2, -0.15) is 5.10 Å². The van der Waals surface area contributed by atoms with E-state index < -0.39 is 0 Å². The summed E-state index contributed by atoms with van der Waals surface area (Å²) in [5.41, 5.74) is 2.67. The summed E-state index contributed by atoms with van der Waals surface area (Å²) >= 11 is 0. The summed E-state index contributed by atoms with van der Waals surface area (Å²) in [5.74, 6) is 1.59. The molecule has 3 rings (SSSR count). The van der Waals surface area contributed by atoms with Crippen LogP contribution in [0.1, 0.15) is 43.2 Å². The third-order valence-electron chi connectivity index (χ3n) is 5.36. The number of aliphatic imine (C=N–C) groups is 1. The van der Waals surface area contributed by atoms with Gasteiger partial charge in [-0.3, -0.25) is 9.67 Å². The third kappa shape index (κ3) is 6.89. The number of hydrogen-bond acceptors (Lipinski definition) is 3. The fourth-order valence-corrected chi connectivity index (χ4v) is 3.74. The molecule has 158 valence electrons. The predicted octanol–water partition coefficient (Wildman–Crippen LogP) is 3.21. The molecule has 0 saturated carbocycles. The van der Waals surface area contributed by atoms with Crippen molar-refractivity contribution in [2.24, 2.45) is 12.0 Å². The van der Waals surface area contributed by atoms with Gasteiger partial charge in [-0.1, -0.05) is 30.3 Å². The molecule has 1 aromatic carbocycles. The summed E-state index contributed by atoms with van der Waals surface area (Å²) in [5, 5.41) is 7.77. The minimum atomic E-state index is 0.547. The summed E-state index contributed by atoms with van der Waals surface area (Å²) in [6, 6.07) is 10.5. The van der Waals surface area contributed by atoms with E-state index in [2.05, 4.69) is 52.7 Å². The van der Waals surface area contributed by atoms with E-state index in [-0.39, 0.29) is 0 Å². The number of aryl methyl sites for hydroxylation is 1. The first-order valence-corrected chi connectivity index (χ1v) is 10.9. The Balaban J connectivity index is 1.34. The Morgan fingerprint density at radius 2 is 2.10 bits per heavy atom. The van der Waals surface area contributed by atoms with Crippen LogP contribution < -0.4 is 5.32 Å². The normalized spacial score (nSPS) is 17.1. The van der Waals surface area contributed by atoms with E-state index in [1.807, 2.05) is 24.0 Å². The van der Waals surface area contributed by atoms with Crippen LogP contribution in [0.4, 0.5) is 0 Å².